The molecule has 0 saturated carbocycles. The summed E-state index contributed by atoms with van der Waals surface area (Å²) < 4.78 is 77.7. The Kier molecular flexibility index (Phi) is 7.58. The monoisotopic (exact) mass is 528 g/mol. The van der Waals surface area contributed by atoms with Crippen LogP contribution in [0.3, 0.4) is 0 Å². The second kappa shape index (κ2) is 9.96. The van der Waals surface area contributed by atoms with Crippen molar-refractivity contribution >= 4 is 33.3 Å². The van der Waals surface area contributed by atoms with Gasteiger partial charge in [-0.3, -0.25) is 14.1 Å². The van der Waals surface area contributed by atoms with E-state index in [0.29, 0.717) is 16.3 Å². The summed E-state index contributed by atoms with van der Waals surface area (Å²) in [6.07, 6.45) is -4.35. The molecular formula is C23H23F3N2O5S2. The minimum atomic E-state index is -4.50. The number of alkyl halides is 3. The van der Waals surface area contributed by atoms with Crippen molar-refractivity contribution in [3.05, 3.63) is 70.0 Å². The molecule has 0 saturated heterocycles. The van der Waals surface area contributed by atoms with Gasteiger partial charge in [0.15, 0.2) is 0 Å². The molecule has 0 fully saturated rings. The third-order valence-electron chi connectivity index (χ3n) is 4.64. The van der Waals surface area contributed by atoms with E-state index in [4.69, 9.17) is 9.29 Å². The van der Waals surface area contributed by atoms with Crippen LogP contribution in [0.1, 0.15) is 42.8 Å². The minimum Gasteiger partial charge on any atom is -0.459 e. The zero-order chi connectivity index (χ0) is 26.0. The summed E-state index contributed by atoms with van der Waals surface area (Å²) in [4.78, 5) is 17.5. The van der Waals surface area contributed by atoms with Gasteiger partial charge in [0.1, 0.15) is 16.5 Å². The second-order valence-electron chi connectivity index (χ2n) is 8.71. The molecule has 0 spiro atoms. The van der Waals surface area contributed by atoms with E-state index in [0.717, 1.165) is 23.5 Å². The normalized spacial score (nSPS) is 13.3. The van der Waals surface area contributed by atoms with Crippen molar-refractivity contribution in [2.75, 3.05) is 4.72 Å². The van der Waals surface area contributed by atoms with Gasteiger partial charge in [-0.15, -0.1) is 11.3 Å². The number of hydrogen-bond donors (Lipinski definition) is 2. The summed E-state index contributed by atoms with van der Waals surface area (Å²) in [5.74, 6) is -1.40. The van der Waals surface area contributed by atoms with E-state index in [-0.39, 0.29) is 17.7 Å². The van der Waals surface area contributed by atoms with E-state index in [1.165, 1.54) is 24.3 Å². The third kappa shape index (κ3) is 7.77. The number of halogens is 3. The van der Waals surface area contributed by atoms with E-state index in [1.54, 1.807) is 38.3 Å². The smallest absolute Gasteiger partial charge is 0.416 e. The van der Waals surface area contributed by atoms with Gasteiger partial charge < -0.3 is 4.74 Å². The second-order valence-corrected chi connectivity index (χ2v) is 10.8. The fraction of sp³-hybridized carbons (Fsp3) is 0.304. The number of anilines is 1. The molecule has 0 aliphatic heterocycles. The lowest BCUT2D eigenvalue weighted by atomic mass is 9.99. The molecule has 188 valence electrons. The van der Waals surface area contributed by atoms with E-state index >= 15 is 0 Å². The van der Waals surface area contributed by atoms with Gasteiger partial charge in [0, 0.05) is 10.9 Å². The average molecular weight is 529 g/mol. The highest BCUT2D eigenvalue weighted by atomic mass is 32.2. The number of rotatable bonds is 7. The van der Waals surface area contributed by atoms with Crippen LogP contribution in [0.25, 0.3) is 11.3 Å². The van der Waals surface area contributed by atoms with Gasteiger partial charge in [0.25, 0.3) is 0 Å². The Bertz CT molecular complexity index is 1300. The zero-order valence-corrected chi connectivity index (χ0v) is 20.6. The van der Waals surface area contributed by atoms with Crippen LogP contribution in [0.15, 0.2) is 53.9 Å². The number of nitrogens with one attached hydrogen (secondary N) is 1. The summed E-state index contributed by atoms with van der Waals surface area (Å²) in [5, 5.41) is 1.95. The number of hydrogen-bond acceptors (Lipinski definition) is 6. The molecule has 0 bridgehead atoms. The molecule has 1 heterocycles. The number of nitrogens with zero attached hydrogens (tertiary/aromatic N) is 1. The number of benzene rings is 2. The summed E-state index contributed by atoms with van der Waals surface area (Å²) in [6.45, 7) is 5.15. The highest BCUT2D eigenvalue weighted by molar-refractivity contribution is 7.87. The molecule has 3 rings (SSSR count). The predicted molar refractivity (Wildman–Crippen MR) is 126 cm³/mol. The number of aromatic nitrogens is 1. The third-order valence-corrected chi connectivity index (χ3v) is 6.09. The van der Waals surface area contributed by atoms with Gasteiger partial charge in [0.05, 0.1) is 16.9 Å². The highest BCUT2D eigenvalue weighted by Gasteiger charge is 2.32. The Hall–Kier alpha value is -2.96. The molecule has 2 N–H and O–H groups in total. The van der Waals surface area contributed by atoms with Crippen LogP contribution >= 0.6 is 11.3 Å². The molecule has 12 heteroatoms. The van der Waals surface area contributed by atoms with Gasteiger partial charge in [-0.1, -0.05) is 24.3 Å². The van der Waals surface area contributed by atoms with Crippen LogP contribution in [0.5, 0.6) is 0 Å². The summed E-state index contributed by atoms with van der Waals surface area (Å²) in [7, 11) is -4.43. The van der Waals surface area contributed by atoms with Crippen molar-refractivity contribution in [3.63, 3.8) is 0 Å². The predicted octanol–water partition coefficient (Wildman–Crippen LogP) is 5.71. The van der Waals surface area contributed by atoms with Crippen molar-refractivity contribution in [2.24, 2.45) is 0 Å². The minimum absolute atomic E-state index is 0.131. The molecule has 1 aromatic heterocycles. The molecule has 0 unspecified atom stereocenters. The summed E-state index contributed by atoms with van der Waals surface area (Å²) in [6, 6.07) is 10.8. The van der Waals surface area contributed by atoms with Gasteiger partial charge in [0.2, 0.25) is 0 Å². The molecule has 0 aliphatic rings. The van der Waals surface area contributed by atoms with Crippen LogP contribution in [0.4, 0.5) is 18.9 Å². The van der Waals surface area contributed by atoms with Crippen molar-refractivity contribution in [1.29, 1.82) is 0 Å². The van der Waals surface area contributed by atoms with Crippen molar-refractivity contribution < 1.29 is 35.7 Å². The lowest BCUT2D eigenvalue weighted by Crippen LogP contribution is -2.28. The van der Waals surface area contributed by atoms with Crippen LogP contribution in [-0.2, 0) is 32.4 Å². The number of thiazole rings is 1. The Morgan fingerprint density at radius 2 is 1.80 bits per heavy atom. The van der Waals surface area contributed by atoms with Crippen molar-refractivity contribution in [1.82, 2.24) is 4.98 Å². The first kappa shape index (κ1) is 26.6. The van der Waals surface area contributed by atoms with E-state index in [9.17, 15) is 26.4 Å². The molecule has 0 aliphatic carbocycles. The van der Waals surface area contributed by atoms with E-state index < -0.39 is 39.5 Å². The summed E-state index contributed by atoms with van der Waals surface area (Å²) >= 11 is 1.13. The lowest BCUT2D eigenvalue weighted by Gasteiger charge is -2.23. The lowest BCUT2D eigenvalue weighted by molar-refractivity contribution is -0.156. The Morgan fingerprint density at radius 1 is 1.14 bits per heavy atom. The van der Waals surface area contributed by atoms with E-state index in [1.807, 2.05) is 4.72 Å². The average Bonchev–Trinajstić information content (AvgIpc) is 3.20. The Morgan fingerprint density at radius 3 is 2.37 bits per heavy atom. The number of ether oxygens (including phenoxy) is 1. The largest absolute Gasteiger partial charge is 0.459 e. The van der Waals surface area contributed by atoms with Crippen LogP contribution < -0.4 is 4.72 Å². The zero-order valence-electron chi connectivity index (χ0n) is 19.0. The van der Waals surface area contributed by atoms with Gasteiger partial charge in [-0.05, 0) is 57.0 Å². The molecule has 0 radical (unpaired) electrons. The molecule has 35 heavy (non-hydrogen) atoms. The standard InChI is InChI=1S/C23H23F3N2O5S2/c1-22(2,3)33-21(29)18(11-14-7-9-17(10-8-14)28-35(30,31)32)20-27-19(13-34-20)15-5-4-6-16(12-15)23(24,25)26/h4-10,12-13,18,28H,11H2,1-3H3,(H,30,31,32)/t18-/m1/s1. The van der Waals surface area contributed by atoms with Gasteiger partial charge in [-0.25, -0.2) is 4.98 Å². The van der Waals surface area contributed by atoms with Gasteiger partial charge >= 0.3 is 22.4 Å². The molecular weight excluding hydrogens is 505 g/mol. The molecule has 7 nitrogen and oxygen atoms in total. The maximum atomic E-state index is 13.1. The first-order chi connectivity index (χ1) is 16.1. The first-order valence-corrected chi connectivity index (χ1v) is 12.6. The number of carbonyl (C=O) groups is 1. The SMILES string of the molecule is CC(C)(C)OC(=O)[C@H](Cc1ccc(NS(=O)(=O)O)cc1)c1nc(-c2cccc(C(F)(F)F)c2)cs1. The van der Waals surface area contributed by atoms with Crippen LogP contribution in [0, 0.1) is 0 Å². The van der Waals surface area contributed by atoms with Crippen molar-refractivity contribution in [3.8, 4) is 11.3 Å². The van der Waals surface area contributed by atoms with E-state index in [2.05, 4.69) is 4.98 Å². The Labute approximate surface area is 204 Å². The van der Waals surface area contributed by atoms with Crippen LogP contribution in [0.2, 0.25) is 0 Å². The Balaban J connectivity index is 1.91. The fourth-order valence-corrected chi connectivity index (χ4v) is 4.52. The molecule has 2 aromatic carbocycles. The van der Waals surface area contributed by atoms with Crippen molar-refractivity contribution in [2.45, 2.75) is 44.9 Å². The summed E-state index contributed by atoms with van der Waals surface area (Å²) in [5.41, 5.74) is -0.224. The quantitative estimate of drug-likeness (QED) is 0.301. The number of carbonyl (C=O) groups excluding carboxylic acids is 1. The molecule has 0 amide bonds. The highest BCUT2D eigenvalue weighted by Crippen LogP contribution is 2.34. The molecule has 3 aromatic rings. The maximum Gasteiger partial charge on any atom is 0.416 e. The van der Waals surface area contributed by atoms with Gasteiger partial charge in [-0.2, -0.15) is 21.6 Å². The van der Waals surface area contributed by atoms with Crippen LogP contribution in [-0.4, -0.2) is 29.5 Å². The topological polar surface area (TPSA) is 106 Å². The maximum absolute atomic E-state index is 13.1. The first-order valence-electron chi connectivity index (χ1n) is 10.3. The number of esters is 1. The fourth-order valence-electron chi connectivity index (χ4n) is 3.17. The molecule has 1 atom stereocenters.